The summed E-state index contributed by atoms with van der Waals surface area (Å²) in [6.07, 6.45) is 2.48. The van der Waals surface area contributed by atoms with Crippen LogP contribution in [-0.2, 0) is 6.61 Å². The number of hydrazone groups is 1. The Hall–Kier alpha value is -5.10. The average Bonchev–Trinajstić information content (AvgIpc) is 2.88. The number of nitrogens with one attached hydrogen (secondary N) is 1. The van der Waals surface area contributed by atoms with Gasteiger partial charge in [0, 0.05) is 17.2 Å². The Balaban J connectivity index is 1.57. The fourth-order valence-electron chi connectivity index (χ4n) is 3.29. The van der Waals surface area contributed by atoms with Crippen LogP contribution in [0.1, 0.15) is 27.2 Å². The highest BCUT2D eigenvalue weighted by Gasteiger charge is 2.12. The lowest BCUT2D eigenvalue weighted by atomic mass is 10.0. The van der Waals surface area contributed by atoms with Gasteiger partial charge in [-0.3, -0.25) is 14.9 Å². The fourth-order valence-corrected chi connectivity index (χ4v) is 3.29. The number of hydrogen-bond donors (Lipinski definition) is 1. The van der Waals surface area contributed by atoms with Gasteiger partial charge in [-0.25, -0.2) is 10.4 Å². The molecule has 0 aliphatic heterocycles. The highest BCUT2D eigenvalue weighted by Crippen LogP contribution is 2.27. The lowest BCUT2D eigenvalue weighted by Crippen LogP contribution is -2.19. The van der Waals surface area contributed by atoms with Crippen molar-refractivity contribution in [1.82, 2.24) is 10.4 Å². The third-order valence-corrected chi connectivity index (χ3v) is 5.00. The molecule has 0 spiro atoms. The first-order valence-electron chi connectivity index (χ1n) is 10.1. The molecule has 0 aliphatic carbocycles. The second kappa shape index (κ2) is 10.0. The third kappa shape index (κ3) is 4.87. The van der Waals surface area contributed by atoms with Crippen LogP contribution in [0.3, 0.4) is 0 Å². The van der Waals surface area contributed by atoms with Crippen molar-refractivity contribution in [2.45, 2.75) is 6.61 Å². The molecule has 34 heavy (non-hydrogen) atoms. The Bertz CT molecular complexity index is 1440. The summed E-state index contributed by atoms with van der Waals surface area (Å²) in [6.45, 7) is 0.183. The van der Waals surface area contributed by atoms with E-state index in [4.69, 9.17) is 4.74 Å². The Labute approximate surface area is 194 Å². The molecule has 0 aliphatic rings. The number of nitro groups is 1. The summed E-state index contributed by atoms with van der Waals surface area (Å²) in [4.78, 5) is 26.3. The van der Waals surface area contributed by atoms with E-state index in [1.807, 2.05) is 42.5 Å². The summed E-state index contributed by atoms with van der Waals surface area (Å²) in [7, 11) is 0. The number of fused-ring (bicyclic) bond motifs is 1. The largest absolute Gasteiger partial charge is 0.488 e. The molecule has 0 atom stereocenters. The number of benzene rings is 3. The van der Waals surface area contributed by atoms with Crippen molar-refractivity contribution in [3.8, 4) is 11.8 Å². The maximum atomic E-state index is 12.3. The average molecular weight is 451 g/mol. The third-order valence-electron chi connectivity index (χ3n) is 5.00. The number of ether oxygens (including phenoxy) is 1. The number of carbonyl (C=O) groups is 1. The van der Waals surface area contributed by atoms with Crippen LogP contribution in [0.25, 0.3) is 10.8 Å². The SMILES string of the molecule is N#Cc1ccccc1COc1ccc2ccccc2c1/C=N\NC(=O)c1ccc([N+](=O)[O-])cn1. The number of rotatable bonds is 7. The van der Waals surface area contributed by atoms with Crippen molar-refractivity contribution >= 4 is 28.6 Å². The van der Waals surface area contributed by atoms with E-state index in [2.05, 4.69) is 21.6 Å². The zero-order valence-electron chi connectivity index (χ0n) is 17.7. The second-order valence-electron chi connectivity index (χ2n) is 7.11. The predicted octanol–water partition coefficient (Wildman–Crippen LogP) is 4.36. The molecule has 3 aromatic carbocycles. The smallest absolute Gasteiger partial charge is 0.289 e. The van der Waals surface area contributed by atoms with E-state index in [0.717, 1.165) is 22.5 Å². The Morgan fingerprint density at radius 2 is 1.91 bits per heavy atom. The summed E-state index contributed by atoms with van der Waals surface area (Å²) < 4.78 is 6.02. The lowest BCUT2D eigenvalue weighted by Gasteiger charge is -2.12. The minimum atomic E-state index is -0.614. The molecule has 0 radical (unpaired) electrons. The number of hydrogen-bond acceptors (Lipinski definition) is 7. The van der Waals surface area contributed by atoms with Gasteiger partial charge >= 0.3 is 0 Å². The van der Waals surface area contributed by atoms with Crippen LogP contribution in [0.2, 0.25) is 0 Å². The zero-order chi connectivity index (χ0) is 23.9. The van der Waals surface area contributed by atoms with Gasteiger partial charge in [0.15, 0.2) is 0 Å². The topological polar surface area (TPSA) is 131 Å². The van der Waals surface area contributed by atoms with Crippen LogP contribution in [0.4, 0.5) is 5.69 Å². The molecule has 1 N–H and O–H groups in total. The van der Waals surface area contributed by atoms with Gasteiger partial charge < -0.3 is 4.74 Å². The number of nitrogens with zero attached hydrogens (tertiary/aromatic N) is 4. The van der Waals surface area contributed by atoms with Gasteiger partial charge in [0.1, 0.15) is 24.2 Å². The van der Waals surface area contributed by atoms with Crippen molar-refractivity contribution in [3.05, 3.63) is 111 Å². The van der Waals surface area contributed by atoms with Gasteiger partial charge in [-0.15, -0.1) is 0 Å². The van der Waals surface area contributed by atoms with Gasteiger partial charge in [0.25, 0.3) is 11.6 Å². The van der Waals surface area contributed by atoms with Gasteiger partial charge in [0.2, 0.25) is 0 Å². The number of nitriles is 1. The van der Waals surface area contributed by atoms with E-state index < -0.39 is 10.8 Å². The molecule has 0 saturated carbocycles. The fraction of sp³-hybridized carbons (Fsp3) is 0.0400. The molecule has 166 valence electrons. The lowest BCUT2D eigenvalue weighted by molar-refractivity contribution is -0.385. The van der Waals surface area contributed by atoms with E-state index in [0.29, 0.717) is 16.9 Å². The summed E-state index contributed by atoms with van der Waals surface area (Å²) in [5, 5.41) is 25.9. The van der Waals surface area contributed by atoms with Crippen LogP contribution < -0.4 is 10.2 Å². The van der Waals surface area contributed by atoms with E-state index in [9.17, 15) is 20.2 Å². The first-order chi connectivity index (χ1) is 16.6. The maximum absolute atomic E-state index is 12.3. The maximum Gasteiger partial charge on any atom is 0.289 e. The van der Waals surface area contributed by atoms with Crippen molar-refractivity contribution in [2.75, 3.05) is 0 Å². The van der Waals surface area contributed by atoms with Crippen LogP contribution in [0.15, 0.2) is 84.1 Å². The minimum Gasteiger partial charge on any atom is -0.488 e. The standard InChI is InChI=1S/C25H17N5O4/c26-13-18-6-1-2-7-19(18)16-34-24-12-9-17-5-3-4-8-21(17)22(24)15-28-29-25(31)23-11-10-20(14-27-23)30(32)33/h1-12,14-15H,16H2,(H,29,31)/b28-15-. The second-order valence-corrected chi connectivity index (χ2v) is 7.11. The highest BCUT2D eigenvalue weighted by molar-refractivity contribution is 6.03. The summed E-state index contributed by atoms with van der Waals surface area (Å²) in [5.41, 5.74) is 4.08. The molecule has 1 aromatic heterocycles. The highest BCUT2D eigenvalue weighted by atomic mass is 16.6. The molecule has 4 rings (SSSR count). The number of amides is 1. The van der Waals surface area contributed by atoms with Crippen LogP contribution >= 0.6 is 0 Å². The molecule has 4 aromatic rings. The van der Waals surface area contributed by atoms with E-state index in [1.165, 1.54) is 18.3 Å². The van der Waals surface area contributed by atoms with Gasteiger partial charge in [-0.1, -0.05) is 48.5 Å². The van der Waals surface area contributed by atoms with E-state index >= 15 is 0 Å². The van der Waals surface area contributed by atoms with E-state index in [-0.39, 0.29) is 18.0 Å². The number of aromatic nitrogens is 1. The zero-order valence-corrected chi connectivity index (χ0v) is 17.7. The van der Waals surface area contributed by atoms with E-state index in [1.54, 1.807) is 18.2 Å². The van der Waals surface area contributed by atoms with Gasteiger partial charge in [-0.05, 0) is 29.0 Å². The molecule has 0 fully saturated rings. The first-order valence-corrected chi connectivity index (χ1v) is 10.1. The Kier molecular flexibility index (Phi) is 6.51. The molecule has 1 amide bonds. The van der Waals surface area contributed by atoms with Crippen molar-refractivity contribution in [2.24, 2.45) is 5.10 Å². The molecule has 0 saturated heterocycles. The Morgan fingerprint density at radius 1 is 1.12 bits per heavy atom. The van der Waals surface area contributed by atoms with Crippen molar-refractivity contribution < 1.29 is 14.5 Å². The number of carbonyl (C=O) groups excluding carboxylic acids is 1. The minimum absolute atomic E-state index is 0.00902. The predicted molar refractivity (Wildman–Crippen MR) is 125 cm³/mol. The van der Waals surface area contributed by atoms with Crippen molar-refractivity contribution in [1.29, 1.82) is 5.26 Å². The molecule has 9 heteroatoms. The van der Waals surface area contributed by atoms with Gasteiger partial charge in [-0.2, -0.15) is 10.4 Å². The van der Waals surface area contributed by atoms with Crippen LogP contribution in [0, 0.1) is 21.4 Å². The summed E-state index contributed by atoms with van der Waals surface area (Å²) in [5.74, 6) is -0.0882. The summed E-state index contributed by atoms with van der Waals surface area (Å²) in [6, 6.07) is 23.1. The monoisotopic (exact) mass is 451 g/mol. The normalized spacial score (nSPS) is 10.7. The van der Waals surface area contributed by atoms with Crippen molar-refractivity contribution in [3.63, 3.8) is 0 Å². The molecular formula is C25H17N5O4. The molecule has 9 nitrogen and oxygen atoms in total. The van der Waals surface area contributed by atoms with Gasteiger partial charge in [0.05, 0.1) is 22.8 Å². The molecule has 0 unspecified atom stereocenters. The van der Waals surface area contributed by atoms with Crippen LogP contribution in [-0.4, -0.2) is 22.0 Å². The molecular weight excluding hydrogens is 434 g/mol. The number of pyridine rings is 1. The Morgan fingerprint density at radius 3 is 2.68 bits per heavy atom. The first kappa shape index (κ1) is 22.1. The quantitative estimate of drug-likeness (QED) is 0.252. The summed E-state index contributed by atoms with van der Waals surface area (Å²) >= 11 is 0. The molecule has 1 heterocycles. The van der Waals surface area contributed by atoms with Crippen LogP contribution in [0.5, 0.6) is 5.75 Å². The molecule has 0 bridgehead atoms.